The number of rotatable bonds is 7. The number of carbonyl (C=O) groups is 2. The molecule has 6 rings (SSSR count). The van der Waals surface area contributed by atoms with Gasteiger partial charge in [-0.3, -0.25) is 0 Å². The summed E-state index contributed by atoms with van der Waals surface area (Å²) in [5, 5.41) is 22.0. The van der Waals surface area contributed by atoms with Crippen molar-refractivity contribution in [3.05, 3.63) is 112 Å². The topological polar surface area (TPSA) is 115 Å². The van der Waals surface area contributed by atoms with Crippen molar-refractivity contribution in [1.82, 2.24) is 5.32 Å². The van der Waals surface area contributed by atoms with Gasteiger partial charge in [0.15, 0.2) is 0 Å². The smallest absolute Gasteiger partial charge is 0.338 e. The van der Waals surface area contributed by atoms with E-state index in [2.05, 4.69) is 35.9 Å². The number of nitrogens with one attached hydrogen (secondary N) is 1. The van der Waals surface area contributed by atoms with E-state index in [0.717, 1.165) is 79.3 Å². The van der Waals surface area contributed by atoms with Crippen molar-refractivity contribution in [3.63, 3.8) is 0 Å². The number of esters is 2. The van der Waals surface area contributed by atoms with E-state index in [1.807, 2.05) is 93.6 Å². The summed E-state index contributed by atoms with van der Waals surface area (Å²) in [4.78, 5) is 30.2. The van der Waals surface area contributed by atoms with E-state index >= 15 is 0 Å². The summed E-state index contributed by atoms with van der Waals surface area (Å²) in [6.07, 6.45) is 0. The van der Waals surface area contributed by atoms with Gasteiger partial charge in [0.2, 0.25) is 0 Å². The minimum absolute atomic E-state index is 0. The Balaban J connectivity index is 0.000000437. The number of benzene rings is 4. The monoisotopic (exact) mass is 808 g/mol. The van der Waals surface area contributed by atoms with Crippen LogP contribution in [0.4, 0.5) is 17.1 Å². The van der Waals surface area contributed by atoms with Crippen molar-refractivity contribution in [3.8, 4) is 11.5 Å². The number of halogens is 1. The normalized spacial score (nSPS) is 13.2. The molecular weight excluding hydrogens is 748 g/mol. The quantitative estimate of drug-likeness (QED) is 0.157. The molecule has 4 aromatic rings. The summed E-state index contributed by atoms with van der Waals surface area (Å²) in [7, 11) is 0. The Labute approximate surface area is 331 Å². The second kappa shape index (κ2) is 23.8. The highest BCUT2D eigenvalue weighted by atomic mass is 79.9. The van der Waals surface area contributed by atoms with Crippen molar-refractivity contribution in [2.24, 2.45) is 0 Å². The third-order valence-electron chi connectivity index (χ3n) is 8.59. The summed E-state index contributed by atoms with van der Waals surface area (Å²) in [6.45, 7) is 15.9. The van der Waals surface area contributed by atoms with E-state index in [4.69, 9.17) is 14.6 Å². The predicted molar refractivity (Wildman–Crippen MR) is 228 cm³/mol. The first-order chi connectivity index (χ1) is 24.6. The fourth-order valence-electron chi connectivity index (χ4n) is 5.65. The Morgan fingerprint density at radius 3 is 1.35 bits per heavy atom. The molecule has 2 fully saturated rings. The van der Waals surface area contributed by atoms with Crippen molar-refractivity contribution >= 4 is 44.9 Å². The Bertz CT molecular complexity index is 1700. The number of piperazine rings is 2. The van der Waals surface area contributed by atoms with Gasteiger partial charge < -0.3 is 39.7 Å². The average molecular weight is 810 g/mol. The number of nitrogens with zero attached hydrogens (tertiary/aromatic N) is 3. The summed E-state index contributed by atoms with van der Waals surface area (Å²) < 4.78 is 11.0. The van der Waals surface area contributed by atoms with Crippen LogP contribution >= 0.6 is 15.9 Å². The van der Waals surface area contributed by atoms with Gasteiger partial charge in [-0.25, -0.2) is 9.59 Å². The SMILES string of the molecule is C.C.C.CCOC(=O)c1ccc(N2CCN(c3ccc(O)c(C)c3)CC2)cc1.CCOC(=O)c1ccc(N2CCNCC2)cc1.Cc1cc(Br)ccc1O. The highest BCUT2D eigenvalue weighted by molar-refractivity contribution is 9.10. The number of carbonyl (C=O) groups excluding carboxylic acids is 2. The van der Waals surface area contributed by atoms with Crippen LogP contribution < -0.4 is 20.0 Å². The van der Waals surface area contributed by atoms with Crippen LogP contribution in [0.5, 0.6) is 11.5 Å². The van der Waals surface area contributed by atoms with Crippen molar-refractivity contribution < 1.29 is 29.3 Å². The lowest BCUT2D eigenvalue weighted by atomic mass is 10.1. The summed E-state index contributed by atoms with van der Waals surface area (Å²) in [6, 6.07) is 26.3. The van der Waals surface area contributed by atoms with Crippen LogP contribution in [-0.2, 0) is 9.47 Å². The molecule has 3 N–H and O–H groups in total. The highest BCUT2D eigenvalue weighted by Crippen LogP contribution is 2.26. The Morgan fingerprint density at radius 2 is 0.963 bits per heavy atom. The second-order valence-corrected chi connectivity index (χ2v) is 13.1. The van der Waals surface area contributed by atoms with E-state index in [-0.39, 0.29) is 34.2 Å². The molecule has 0 saturated carbocycles. The summed E-state index contributed by atoms with van der Waals surface area (Å²) in [5.41, 5.74) is 6.43. The molecule has 10 nitrogen and oxygen atoms in total. The van der Waals surface area contributed by atoms with Gasteiger partial charge in [-0.05, 0) is 124 Å². The van der Waals surface area contributed by atoms with Gasteiger partial charge in [0, 0.05) is 73.9 Å². The van der Waals surface area contributed by atoms with E-state index in [1.165, 1.54) is 5.69 Å². The Kier molecular flexibility index (Phi) is 20.9. The predicted octanol–water partition coefficient (Wildman–Crippen LogP) is 8.85. The number of ether oxygens (including phenoxy) is 2. The number of aromatic hydroxyl groups is 2. The minimum Gasteiger partial charge on any atom is -0.508 e. The van der Waals surface area contributed by atoms with Crippen LogP contribution in [0.25, 0.3) is 0 Å². The minimum atomic E-state index is -0.276. The lowest BCUT2D eigenvalue weighted by Crippen LogP contribution is -2.46. The fraction of sp³-hybridized carbons (Fsp3) is 0.395. The van der Waals surface area contributed by atoms with E-state index in [0.29, 0.717) is 35.8 Å². The standard InChI is InChI=1S/C20H24N2O3.C13H18N2O2.C7H7BrO.3CH4/c1-3-25-20(24)16-4-6-17(7-5-16)21-10-12-22(13-11-21)18-8-9-19(23)15(2)14-18;1-2-17-13(16)11-3-5-12(6-4-11)15-9-7-14-8-10-15;1-5-4-6(8)2-3-7(5)9;;;/h4-9,14,23H,3,10-13H2,1-2H3;3-6,14H,2,7-10H2,1H3;2-4,9H,1H3;3*1H4. The molecule has 54 heavy (non-hydrogen) atoms. The molecule has 0 aliphatic carbocycles. The van der Waals surface area contributed by atoms with Gasteiger partial charge in [0.05, 0.1) is 24.3 Å². The molecule has 0 amide bonds. The number of hydrogen-bond acceptors (Lipinski definition) is 10. The Morgan fingerprint density at radius 1 is 0.593 bits per heavy atom. The molecular formula is C43H61BrN4O6. The third kappa shape index (κ3) is 13.9. The van der Waals surface area contributed by atoms with Crippen molar-refractivity contribution in [2.75, 3.05) is 80.3 Å². The van der Waals surface area contributed by atoms with Gasteiger partial charge in [-0.1, -0.05) is 38.2 Å². The molecule has 2 aliphatic rings. The van der Waals surface area contributed by atoms with Gasteiger partial charge >= 0.3 is 11.9 Å². The summed E-state index contributed by atoms with van der Waals surface area (Å²) >= 11 is 3.29. The summed E-state index contributed by atoms with van der Waals surface area (Å²) in [5.74, 6) is 0.156. The molecule has 2 saturated heterocycles. The van der Waals surface area contributed by atoms with Gasteiger partial charge in [-0.15, -0.1) is 0 Å². The first-order valence-electron chi connectivity index (χ1n) is 17.3. The molecule has 0 aromatic heterocycles. The van der Waals surface area contributed by atoms with E-state index in [1.54, 1.807) is 19.1 Å². The molecule has 0 radical (unpaired) electrons. The number of phenolic OH excluding ortho intramolecular Hbond substituents is 2. The first kappa shape index (κ1) is 47.3. The number of hydrogen-bond donors (Lipinski definition) is 3. The molecule has 0 unspecified atom stereocenters. The van der Waals surface area contributed by atoms with Crippen LogP contribution in [0.3, 0.4) is 0 Å². The Hall–Kier alpha value is -4.74. The third-order valence-corrected chi connectivity index (χ3v) is 9.08. The van der Waals surface area contributed by atoms with Crippen LogP contribution in [0.1, 0.15) is 68.0 Å². The molecule has 2 heterocycles. The number of anilines is 3. The van der Waals surface area contributed by atoms with E-state index < -0.39 is 0 Å². The van der Waals surface area contributed by atoms with E-state index in [9.17, 15) is 14.7 Å². The number of aryl methyl sites for hydroxylation is 2. The van der Waals surface area contributed by atoms with Crippen LogP contribution in [0.2, 0.25) is 0 Å². The number of phenols is 2. The maximum Gasteiger partial charge on any atom is 0.338 e. The maximum absolute atomic E-state index is 11.7. The lowest BCUT2D eigenvalue weighted by Gasteiger charge is -2.37. The molecule has 0 atom stereocenters. The van der Waals surface area contributed by atoms with Crippen LogP contribution in [0.15, 0.2) is 89.4 Å². The average Bonchev–Trinajstić information content (AvgIpc) is 3.16. The largest absolute Gasteiger partial charge is 0.508 e. The van der Waals surface area contributed by atoms with Crippen LogP contribution in [0, 0.1) is 13.8 Å². The zero-order chi connectivity index (χ0) is 36.8. The molecule has 4 aromatic carbocycles. The fourth-order valence-corrected chi connectivity index (χ4v) is 6.12. The van der Waals surface area contributed by atoms with Gasteiger partial charge in [0.25, 0.3) is 0 Å². The van der Waals surface area contributed by atoms with Crippen molar-refractivity contribution in [1.29, 1.82) is 0 Å². The first-order valence-corrected chi connectivity index (χ1v) is 18.1. The zero-order valence-electron chi connectivity index (χ0n) is 29.9. The molecule has 2 aliphatic heterocycles. The van der Waals surface area contributed by atoms with Crippen molar-refractivity contribution in [2.45, 2.75) is 50.0 Å². The zero-order valence-corrected chi connectivity index (χ0v) is 31.5. The van der Waals surface area contributed by atoms with Gasteiger partial charge in [-0.2, -0.15) is 0 Å². The second-order valence-electron chi connectivity index (χ2n) is 12.1. The molecule has 0 bridgehead atoms. The maximum atomic E-state index is 11.7. The molecule has 296 valence electrons. The highest BCUT2D eigenvalue weighted by Gasteiger charge is 2.19. The molecule has 11 heteroatoms. The van der Waals surface area contributed by atoms with Gasteiger partial charge in [0.1, 0.15) is 11.5 Å². The lowest BCUT2D eigenvalue weighted by molar-refractivity contribution is 0.0517. The molecule has 0 spiro atoms. The van der Waals surface area contributed by atoms with Crippen LogP contribution in [-0.4, -0.2) is 87.7 Å².